The summed E-state index contributed by atoms with van der Waals surface area (Å²) in [5.41, 5.74) is 3.61. The van der Waals surface area contributed by atoms with E-state index in [9.17, 15) is 0 Å². The molecule has 0 amide bonds. The van der Waals surface area contributed by atoms with Crippen molar-refractivity contribution >= 4 is 17.3 Å². The van der Waals surface area contributed by atoms with Gasteiger partial charge in [0.25, 0.3) is 0 Å². The highest BCUT2D eigenvalue weighted by Crippen LogP contribution is 2.24. The monoisotopic (exact) mass is 286 g/mol. The lowest BCUT2D eigenvalue weighted by Crippen LogP contribution is -2.01. The second-order valence-corrected chi connectivity index (χ2v) is 4.87. The number of benzene rings is 2. The van der Waals surface area contributed by atoms with E-state index < -0.39 is 0 Å². The van der Waals surface area contributed by atoms with Crippen LogP contribution in [-0.4, -0.2) is 7.11 Å². The topological polar surface area (TPSA) is 45.0 Å². The fraction of sp³-hybridized carbons (Fsp3) is 0.188. The average molecular weight is 287 g/mol. The molecule has 0 unspecified atom stereocenters. The van der Waals surface area contributed by atoms with Crippen LogP contribution in [0.15, 0.2) is 36.4 Å². The van der Waals surface area contributed by atoms with E-state index in [2.05, 4.69) is 17.5 Å². The fourth-order valence-electron chi connectivity index (χ4n) is 1.98. The Kier molecular flexibility index (Phi) is 4.49. The molecule has 20 heavy (non-hydrogen) atoms. The normalized spacial score (nSPS) is 9.90. The molecule has 0 atom stereocenters. The van der Waals surface area contributed by atoms with Crippen molar-refractivity contribution in [3.63, 3.8) is 0 Å². The molecular weight excluding hydrogens is 272 g/mol. The van der Waals surface area contributed by atoms with E-state index >= 15 is 0 Å². The average Bonchev–Trinajstić information content (AvgIpc) is 2.46. The first kappa shape index (κ1) is 14.2. The Balaban J connectivity index is 2.09. The van der Waals surface area contributed by atoms with Crippen LogP contribution in [0.4, 0.5) is 5.69 Å². The summed E-state index contributed by atoms with van der Waals surface area (Å²) in [5, 5.41) is 12.6. The SMILES string of the molecule is COc1ccc(CNc2ccc(C#N)cc2Cl)cc1C. The molecule has 102 valence electrons. The Morgan fingerprint density at radius 2 is 2.05 bits per heavy atom. The second kappa shape index (κ2) is 6.31. The predicted molar refractivity (Wildman–Crippen MR) is 81.2 cm³/mol. The first-order valence-electron chi connectivity index (χ1n) is 6.21. The van der Waals surface area contributed by atoms with Gasteiger partial charge in [-0.3, -0.25) is 0 Å². The minimum atomic E-state index is 0.550. The smallest absolute Gasteiger partial charge is 0.121 e. The minimum absolute atomic E-state index is 0.550. The largest absolute Gasteiger partial charge is 0.496 e. The number of nitriles is 1. The molecule has 0 fully saturated rings. The van der Waals surface area contributed by atoms with E-state index in [0.717, 1.165) is 22.6 Å². The molecule has 0 bridgehead atoms. The van der Waals surface area contributed by atoms with Crippen LogP contribution in [0.2, 0.25) is 5.02 Å². The molecule has 0 saturated heterocycles. The van der Waals surface area contributed by atoms with Crippen molar-refractivity contribution in [3.8, 4) is 11.8 Å². The van der Waals surface area contributed by atoms with E-state index in [1.165, 1.54) is 0 Å². The molecular formula is C16H15ClN2O. The predicted octanol–water partition coefficient (Wildman–Crippen LogP) is 4.14. The van der Waals surface area contributed by atoms with Gasteiger partial charge in [0.05, 0.1) is 29.5 Å². The van der Waals surface area contributed by atoms with Crippen molar-refractivity contribution in [2.24, 2.45) is 0 Å². The summed E-state index contributed by atoms with van der Waals surface area (Å²) in [6, 6.07) is 13.3. The van der Waals surface area contributed by atoms with Crippen LogP contribution < -0.4 is 10.1 Å². The Hall–Kier alpha value is -2.18. The minimum Gasteiger partial charge on any atom is -0.496 e. The van der Waals surface area contributed by atoms with E-state index in [0.29, 0.717) is 17.1 Å². The number of ether oxygens (including phenoxy) is 1. The molecule has 0 aliphatic heterocycles. The number of hydrogen-bond acceptors (Lipinski definition) is 3. The molecule has 1 N–H and O–H groups in total. The third kappa shape index (κ3) is 3.23. The van der Waals surface area contributed by atoms with Gasteiger partial charge in [-0.25, -0.2) is 0 Å². The lowest BCUT2D eigenvalue weighted by atomic mass is 10.1. The molecule has 0 radical (unpaired) electrons. The Labute approximate surface area is 123 Å². The van der Waals surface area contributed by atoms with Crippen molar-refractivity contribution < 1.29 is 4.74 Å². The van der Waals surface area contributed by atoms with Crippen molar-refractivity contribution in [3.05, 3.63) is 58.1 Å². The van der Waals surface area contributed by atoms with Crippen molar-refractivity contribution in [2.75, 3.05) is 12.4 Å². The summed E-state index contributed by atoms with van der Waals surface area (Å²) in [5.74, 6) is 0.880. The summed E-state index contributed by atoms with van der Waals surface area (Å²) in [7, 11) is 1.66. The van der Waals surface area contributed by atoms with Crippen LogP contribution in [0.5, 0.6) is 5.75 Å². The van der Waals surface area contributed by atoms with Gasteiger partial charge in [0.2, 0.25) is 0 Å². The summed E-state index contributed by atoms with van der Waals surface area (Å²) in [6.07, 6.45) is 0. The zero-order chi connectivity index (χ0) is 14.5. The number of halogens is 1. The highest BCUT2D eigenvalue weighted by molar-refractivity contribution is 6.33. The maximum atomic E-state index is 8.80. The zero-order valence-electron chi connectivity index (χ0n) is 11.4. The number of anilines is 1. The first-order chi connectivity index (χ1) is 9.63. The zero-order valence-corrected chi connectivity index (χ0v) is 12.2. The lowest BCUT2D eigenvalue weighted by molar-refractivity contribution is 0.411. The van der Waals surface area contributed by atoms with Crippen LogP contribution in [0, 0.1) is 18.3 Å². The maximum absolute atomic E-state index is 8.80. The van der Waals surface area contributed by atoms with Gasteiger partial charge in [0.15, 0.2) is 0 Å². The molecule has 0 spiro atoms. The molecule has 0 aliphatic carbocycles. The third-order valence-electron chi connectivity index (χ3n) is 3.04. The van der Waals surface area contributed by atoms with E-state index in [4.69, 9.17) is 21.6 Å². The van der Waals surface area contributed by atoms with Gasteiger partial charge in [0.1, 0.15) is 5.75 Å². The van der Waals surface area contributed by atoms with Crippen molar-refractivity contribution in [2.45, 2.75) is 13.5 Å². The number of rotatable bonds is 4. The maximum Gasteiger partial charge on any atom is 0.121 e. The lowest BCUT2D eigenvalue weighted by Gasteiger charge is -2.11. The van der Waals surface area contributed by atoms with Gasteiger partial charge in [-0.1, -0.05) is 23.7 Å². The number of methoxy groups -OCH3 is 1. The standard InChI is InChI=1S/C16H15ClN2O/c1-11-7-13(4-6-16(11)20-2)10-19-15-5-3-12(9-18)8-14(15)17/h3-8,19H,10H2,1-2H3. The fourth-order valence-corrected chi connectivity index (χ4v) is 2.22. The quantitative estimate of drug-likeness (QED) is 0.919. The molecule has 2 aromatic carbocycles. The number of nitrogens with one attached hydrogen (secondary N) is 1. The van der Waals surface area contributed by atoms with Crippen molar-refractivity contribution in [1.29, 1.82) is 5.26 Å². The van der Waals surface area contributed by atoms with Gasteiger partial charge in [0, 0.05) is 6.54 Å². The molecule has 2 rings (SSSR count). The summed E-state index contributed by atoms with van der Waals surface area (Å²) < 4.78 is 5.24. The molecule has 4 heteroatoms. The van der Waals surface area contributed by atoms with Crippen LogP contribution in [0.3, 0.4) is 0 Å². The first-order valence-corrected chi connectivity index (χ1v) is 6.59. The Morgan fingerprint density at radius 3 is 2.65 bits per heavy atom. The van der Waals surface area contributed by atoms with Crippen LogP contribution >= 0.6 is 11.6 Å². The van der Waals surface area contributed by atoms with Crippen molar-refractivity contribution in [1.82, 2.24) is 0 Å². The molecule has 0 saturated carbocycles. The molecule has 2 aromatic rings. The summed E-state index contributed by atoms with van der Waals surface area (Å²) in [6.45, 7) is 2.67. The summed E-state index contributed by atoms with van der Waals surface area (Å²) >= 11 is 6.12. The van der Waals surface area contributed by atoms with Crippen LogP contribution in [0.25, 0.3) is 0 Å². The second-order valence-electron chi connectivity index (χ2n) is 4.46. The van der Waals surface area contributed by atoms with E-state index in [1.807, 2.05) is 25.1 Å². The van der Waals surface area contributed by atoms with Gasteiger partial charge >= 0.3 is 0 Å². The van der Waals surface area contributed by atoms with E-state index in [-0.39, 0.29) is 0 Å². The van der Waals surface area contributed by atoms with Gasteiger partial charge in [-0.05, 0) is 42.3 Å². The summed E-state index contributed by atoms with van der Waals surface area (Å²) in [4.78, 5) is 0. The highest BCUT2D eigenvalue weighted by atomic mass is 35.5. The Bertz CT molecular complexity index is 662. The van der Waals surface area contributed by atoms with Crippen LogP contribution in [-0.2, 0) is 6.54 Å². The van der Waals surface area contributed by atoms with Gasteiger partial charge < -0.3 is 10.1 Å². The van der Waals surface area contributed by atoms with Crippen LogP contribution in [0.1, 0.15) is 16.7 Å². The molecule has 0 heterocycles. The molecule has 0 aliphatic rings. The van der Waals surface area contributed by atoms with Gasteiger partial charge in [-0.15, -0.1) is 0 Å². The number of aryl methyl sites for hydroxylation is 1. The third-order valence-corrected chi connectivity index (χ3v) is 3.35. The van der Waals surface area contributed by atoms with E-state index in [1.54, 1.807) is 19.2 Å². The Morgan fingerprint density at radius 1 is 1.25 bits per heavy atom. The highest BCUT2D eigenvalue weighted by Gasteiger charge is 2.03. The van der Waals surface area contributed by atoms with Gasteiger partial charge in [-0.2, -0.15) is 5.26 Å². The number of nitrogens with zero attached hydrogens (tertiary/aromatic N) is 1. The molecule has 0 aromatic heterocycles. The number of hydrogen-bond donors (Lipinski definition) is 1. The molecule has 3 nitrogen and oxygen atoms in total.